The van der Waals surface area contributed by atoms with Crippen LogP contribution in [0, 0.1) is 12.8 Å². The summed E-state index contributed by atoms with van der Waals surface area (Å²) in [6.45, 7) is 9.57. The maximum absolute atomic E-state index is 5.68. The fraction of sp³-hybridized carbons (Fsp3) is 0.421. The molecule has 23 heavy (non-hydrogen) atoms. The summed E-state index contributed by atoms with van der Waals surface area (Å²) in [4.78, 5) is 2.20. The van der Waals surface area contributed by atoms with Crippen LogP contribution in [-0.2, 0) is 0 Å². The minimum atomic E-state index is 0.105. The molecule has 1 N–H and O–H groups in total. The summed E-state index contributed by atoms with van der Waals surface area (Å²) in [6, 6.07) is 12.3. The Balaban J connectivity index is 2.13. The van der Waals surface area contributed by atoms with Gasteiger partial charge in [0.1, 0.15) is 5.76 Å². The van der Waals surface area contributed by atoms with Crippen molar-refractivity contribution in [3.8, 4) is 0 Å². The average molecular weight is 330 g/mol. The van der Waals surface area contributed by atoms with E-state index in [1.807, 2.05) is 24.3 Å². The van der Waals surface area contributed by atoms with Gasteiger partial charge >= 0.3 is 0 Å². The Labute approximate surface area is 144 Å². The Bertz CT molecular complexity index is 622. The molecule has 0 amide bonds. The van der Waals surface area contributed by atoms with Crippen molar-refractivity contribution in [1.82, 2.24) is 4.90 Å². The third-order valence-corrected chi connectivity index (χ3v) is 4.24. The molecule has 4 heteroatoms. The van der Waals surface area contributed by atoms with Crippen LogP contribution in [0.25, 0.3) is 0 Å². The van der Waals surface area contributed by atoms with Crippen molar-refractivity contribution in [2.75, 3.05) is 11.9 Å². The van der Waals surface area contributed by atoms with E-state index in [2.05, 4.69) is 50.0 Å². The van der Waals surface area contributed by atoms with Gasteiger partial charge in [-0.15, -0.1) is 0 Å². The summed E-state index contributed by atoms with van der Waals surface area (Å²) in [5, 5.41) is 4.10. The Kier molecular flexibility index (Phi) is 6.22. The number of rotatable bonds is 6. The van der Waals surface area contributed by atoms with Crippen molar-refractivity contribution in [3.05, 3.63) is 54.0 Å². The summed E-state index contributed by atoms with van der Waals surface area (Å²) in [5.74, 6) is 1.56. The molecule has 1 aromatic carbocycles. The van der Waals surface area contributed by atoms with Crippen molar-refractivity contribution >= 4 is 23.0 Å². The lowest BCUT2D eigenvalue weighted by molar-refractivity contribution is 0.281. The molecule has 0 fully saturated rings. The molecule has 0 aliphatic carbocycles. The molecule has 0 aliphatic rings. The molecule has 3 nitrogen and oxygen atoms in total. The first-order valence-corrected chi connectivity index (χ1v) is 8.56. The van der Waals surface area contributed by atoms with Gasteiger partial charge in [0.05, 0.1) is 12.3 Å². The lowest BCUT2D eigenvalue weighted by Crippen LogP contribution is -2.38. The van der Waals surface area contributed by atoms with Gasteiger partial charge in [0, 0.05) is 12.2 Å². The minimum Gasteiger partial charge on any atom is -0.467 e. The third-order valence-electron chi connectivity index (χ3n) is 3.90. The summed E-state index contributed by atoms with van der Waals surface area (Å²) in [7, 11) is 0. The molecule has 0 saturated carbocycles. The summed E-state index contributed by atoms with van der Waals surface area (Å²) in [6.07, 6.45) is 2.80. The Morgan fingerprint density at radius 3 is 2.61 bits per heavy atom. The molecule has 0 radical (unpaired) electrons. The molecular weight excluding hydrogens is 304 g/mol. The van der Waals surface area contributed by atoms with Crippen LogP contribution in [0.15, 0.2) is 47.1 Å². The van der Waals surface area contributed by atoms with E-state index in [1.54, 1.807) is 6.26 Å². The molecule has 2 aromatic rings. The van der Waals surface area contributed by atoms with Crippen molar-refractivity contribution in [2.24, 2.45) is 5.92 Å². The quantitative estimate of drug-likeness (QED) is 0.718. The highest BCUT2D eigenvalue weighted by atomic mass is 32.1. The molecule has 0 bridgehead atoms. The number of benzene rings is 1. The van der Waals surface area contributed by atoms with E-state index in [-0.39, 0.29) is 6.04 Å². The number of hydrogen-bond acceptors (Lipinski definition) is 2. The second kappa shape index (κ2) is 8.16. The molecule has 1 aromatic heterocycles. The van der Waals surface area contributed by atoms with E-state index in [1.165, 1.54) is 5.56 Å². The molecule has 0 unspecified atom stereocenters. The fourth-order valence-electron chi connectivity index (χ4n) is 2.47. The van der Waals surface area contributed by atoms with Gasteiger partial charge in [-0.2, -0.15) is 0 Å². The standard InChI is InChI=1S/C19H26N2OS/c1-14(2)10-11-21(16(4)18-9-6-12-22-18)19(23)20-17-8-5-7-15(3)13-17/h5-9,12-14,16H,10-11H2,1-4H3,(H,20,23)/t16-/m0/s1. The highest BCUT2D eigenvalue weighted by Crippen LogP contribution is 2.23. The number of nitrogens with zero attached hydrogens (tertiary/aromatic N) is 1. The molecule has 0 saturated heterocycles. The van der Waals surface area contributed by atoms with Gasteiger partial charge in [-0.25, -0.2) is 0 Å². The molecule has 0 aliphatic heterocycles. The van der Waals surface area contributed by atoms with E-state index in [4.69, 9.17) is 16.6 Å². The van der Waals surface area contributed by atoms with E-state index < -0.39 is 0 Å². The molecule has 124 valence electrons. The lowest BCUT2D eigenvalue weighted by atomic mass is 10.1. The first kappa shape index (κ1) is 17.5. The number of furan rings is 1. The van der Waals surface area contributed by atoms with Crippen molar-refractivity contribution < 1.29 is 4.42 Å². The van der Waals surface area contributed by atoms with Crippen LogP contribution in [0.5, 0.6) is 0 Å². The zero-order valence-corrected chi connectivity index (χ0v) is 15.2. The van der Waals surface area contributed by atoms with Gasteiger partial charge in [0.15, 0.2) is 5.11 Å². The highest BCUT2D eigenvalue weighted by molar-refractivity contribution is 7.80. The van der Waals surface area contributed by atoms with E-state index in [0.717, 1.165) is 29.5 Å². The van der Waals surface area contributed by atoms with Crippen LogP contribution in [0.3, 0.4) is 0 Å². The van der Waals surface area contributed by atoms with Crippen LogP contribution in [0.1, 0.15) is 44.6 Å². The smallest absolute Gasteiger partial charge is 0.174 e. The zero-order chi connectivity index (χ0) is 16.8. The van der Waals surface area contributed by atoms with Gasteiger partial charge in [-0.05, 0) is 68.2 Å². The molecule has 1 heterocycles. The van der Waals surface area contributed by atoms with Crippen LogP contribution >= 0.6 is 12.2 Å². The van der Waals surface area contributed by atoms with E-state index >= 15 is 0 Å². The van der Waals surface area contributed by atoms with Gasteiger partial charge in [0.2, 0.25) is 0 Å². The predicted molar refractivity (Wildman–Crippen MR) is 101 cm³/mol. The van der Waals surface area contributed by atoms with E-state index in [9.17, 15) is 0 Å². The summed E-state index contributed by atoms with van der Waals surface area (Å²) < 4.78 is 5.57. The number of anilines is 1. The Hall–Kier alpha value is -1.81. The Morgan fingerprint density at radius 1 is 1.22 bits per heavy atom. The largest absolute Gasteiger partial charge is 0.467 e. The molecular formula is C19H26N2OS. The van der Waals surface area contributed by atoms with Gasteiger partial charge in [-0.3, -0.25) is 0 Å². The highest BCUT2D eigenvalue weighted by Gasteiger charge is 2.21. The summed E-state index contributed by atoms with van der Waals surface area (Å²) >= 11 is 5.68. The first-order valence-electron chi connectivity index (χ1n) is 8.15. The predicted octanol–water partition coefficient (Wildman–Crippen LogP) is 5.39. The minimum absolute atomic E-state index is 0.105. The fourth-order valence-corrected chi connectivity index (χ4v) is 2.84. The van der Waals surface area contributed by atoms with Crippen LogP contribution < -0.4 is 5.32 Å². The van der Waals surface area contributed by atoms with Crippen molar-refractivity contribution in [1.29, 1.82) is 0 Å². The molecule has 0 spiro atoms. The normalized spacial score (nSPS) is 12.2. The lowest BCUT2D eigenvalue weighted by Gasteiger charge is -2.31. The monoisotopic (exact) mass is 330 g/mol. The van der Waals surface area contributed by atoms with Gasteiger partial charge < -0.3 is 14.6 Å². The Morgan fingerprint density at radius 2 is 2.00 bits per heavy atom. The number of nitrogens with one attached hydrogen (secondary N) is 1. The van der Waals surface area contributed by atoms with E-state index in [0.29, 0.717) is 5.92 Å². The van der Waals surface area contributed by atoms with Crippen LogP contribution in [-0.4, -0.2) is 16.6 Å². The second-order valence-electron chi connectivity index (χ2n) is 6.37. The average Bonchev–Trinajstić information content (AvgIpc) is 3.01. The topological polar surface area (TPSA) is 28.4 Å². The summed E-state index contributed by atoms with van der Waals surface area (Å²) in [5.41, 5.74) is 2.24. The third kappa shape index (κ3) is 5.10. The SMILES string of the molecule is Cc1cccc(NC(=S)N(CCC(C)C)[C@@H](C)c2ccco2)c1. The van der Waals surface area contributed by atoms with Crippen molar-refractivity contribution in [3.63, 3.8) is 0 Å². The van der Waals surface area contributed by atoms with Crippen LogP contribution in [0.4, 0.5) is 5.69 Å². The molecule has 1 atom stereocenters. The number of aryl methyl sites for hydroxylation is 1. The second-order valence-corrected chi connectivity index (χ2v) is 6.75. The maximum atomic E-state index is 5.68. The number of hydrogen-bond donors (Lipinski definition) is 1. The zero-order valence-electron chi connectivity index (χ0n) is 14.4. The first-order chi connectivity index (χ1) is 11.0. The van der Waals surface area contributed by atoms with Gasteiger partial charge in [0.25, 0.3) is 0 Å². The maximum Gasteiger partial charge on any atom is 0.174 e. The van der Waals surface area contributed by atoms with Crippen molar-refractivity contribution in [2.45, 2.75) is 40.2 Å². The van der Waals surface area contributed by atoms with Crippen LogP contribution in [0.2, 0.25) is 0 Å². The molecule has 2 rings (SSSR count). The number of thiocarbonyl (C=S) groups is 1. The van der Waals surface area contributed by atoms with Gasteiger partial charge in [-0.1, -0.05) is 26.0 Å².